The number of para-hydroxylation sites is 1. The van der Waals surface area contributed by atoms with Crippen LogP contribution in [0.1, 0.15) is 34.6 Å². The molecule has 2 N–H and O–H groups in total. The molecular formula is C18H22N4O2. The first-order valence-corrected chi connectivity index (χ1v) is 8.20. The molecule has 0 bridgehead atoms. The number of hydrogen-bond acceptors (Lipinski definition) is 5. The van der Waals surface area contributed by atoms with E-state index >= 15 is 0 Å². The average molecular weight is 326 g/mol. The van der Waals surface area contributed by atoms with E-state index in [2.05, 4.69) is 20.6 Å². The van der Waals surface area contributed by atoms with Crippen molar-refractivity contribution in [1.29, 1.82) is 0 Å². The number of ether oxygens (including phenoxy) is 1. The van der Waals surface area contributed by atoms with Gasteiger partial charge in [0.15, 0.2) is 0 Å². The highest BCUT2D eigenvalue weighted by Gasteiger charge is 2.18. The van der Waals surface area contributed by atoms with Crippen LogP contribution in [0.15, 0.2) is 30.3 Å². The van der Waals surface area contributed by atoms with E-state index in [0.29, 0.717) is 23.7 Å². The van der Waals surface area contributed by atoms with Gasteiger partial charge in [-0.3, -0.25) is 4.79 Å². The van der Waals surface area contributed by atoms with Crippen LogP contribution in [0, 0.1) is 13.8 Å². The smallest absolute Gasteiger partial charge is 0.253 e. The molecular weight excluding hydrogens is 304 g/mol. The highest BCUT2D eigenvalue weighted by atomic mass is 16.5. The van der Waals surface area contributed by atoms with Crippen molar-refractivity contribution in [2.75, 3.05) is 18.5 Å². The minimum Gasteiger partial charge on any atom is -0.376 e. The van der Waals surface area contributed by atoms with Gasteiger partial charge in [0.1, 0.15) is 0 Å². The Hall–Kier alpha value is -2.47. The van der Waals surface area contributed by atoms with Crippen LogP contribution in [-0.4, -0.2) is 35.1 Å². The maximum Gasteiger partial charge on any atom is 0.253 e. The normalized spacial score (nSPS) is 16.8. The number of rotatable bonds is 5. The summed E-state index contributed by atoms with van der Waals surface area (Å²) in [7, 11) is 0. The van der Waals surface area contributed by atoms with Gasteiger partial charge in [-0.15, -0.1) is 0 Å². The quantitative estimate of drug-likeness (QED) is 0.883. The maximum atomic E-state index is 12.5. The van der Waals surface area contributed by atoms with Crippen LogP contribution in [0.5, 0.6) is 0 Å². The zero-order valence-corrected chi connectivity index (χ0v) is 14.0. The molecule has 6 nitrogen and oxygen atoms in total. The molecule has 0 unspecified atom stereocenters. The Kier molecular flexibility index (Phi) is 5.05. The Bertz CT molecular complexity index is 706. The summed E-state index contributed by atoms with van der Waals surface area (Å²) in [6, 6.07) is 9.26. The van der Waals surface area contributed by atoms with Crippen LogP contribution in [-0.2, 0) is 4.74 Å². The molecule has 2 aromatic rings. The lowest BCUT2D eigenvalue weighted by Crippen LogP contribution is -2.32. The number of nitrogens with zero attached hydrogens (tertiary/aromatic N) is 2. The molecule has 2 heterocycles. The summed E-state index contributed by atoms with van der Waals surface area (Å²) in [5.41, 5.74) is 3.02. The molecule has 6 heteroatoms. The fraction of sp³-hybridized carbons (Fsp3) is 0.389. The van der Waals surface area contributed by atoms with Crippen molar-refractivity contribution in [3.05, 3.63) is 47.3 Å². The van der Waals surface area contributed by atoms with Gasteiger partial charge in [-0.2, -0.15) is 0 Å². The molecule has 1 saturated heterocycles. The van der Waals surface area contributed by atoms with Gasteiger partial charge in [-0.25, -0.2) is 9.97 Å². The van der Waals surface area contributed by atoms with Crippen LogP contribution in [0.4, 0.5) is 11.6 Å². The molecule has 0 radical (unpaired) electrons. The number of aryl methyl sites for hydroxylation is 2. The first-order chi connectivity index (χ1) is 11.6. The van der Waals surface area contributed by atoms with Crippen molar-refractivity contribution < 1.29 is 9.53 Å². The summed E-state index contributed by atoms with van der Waals surface area (Å²) in [6.07, 6.45) is 2.18. The Morgan fingerprint density at radius 2 is 2.00 bits per heavy atom. The van der Waals surface area contributed by atoms with Gasteiger partial charge in [0.2, 0.25) is 5.95 Å². The number of amides is 1. The number of aromatic nitrogens is 2. The minimum atomic E-state index is -0.127. The zero-order chi connectivity index (χ0) is 16.9. The largest absolute Gasteiger partial charge is 0.376 e. The maximum absolute atomic E-state index is 12.5. The molecule has 1 amide bonds. The first kappa shape index (κ1) is 16.4. The lowest BCUT2D eigenvalue weighted by atomic mass is 10.1. The molecule has 1 atom stereocenters. The van der Waals surface area contributed by atoms with E-state index in [9.17, 15) is 4.79 Å². The van der Waals surface area contributed by atoms with Crippen molar-refractivity contribution in [2.45, 2.75) is 32.8 Å². The second-order valence-corrected chi connectivity index (χ2v) is 5.99. The Morgan fingerprint density at radius 3 is 2.71 bits per heavy atom. The lowest BCUT2D eigenvalue weighted by Gasteiger charge is -2.14. The molecule has 1 fully saturated rings. The van der Waals surface area contributed by atoms with E-state index < -0.39 is 0 Å². The second kappa shape index (κ2) is 7.40. The highest BCUT2D eigenvalue weighted by molar-refractivity contribution is 6.00. The van der Waals surface area contributed by atoms with E-state index in [1.165, 1.54) is 0 Å². The molecule has 126 valence electrons. The molecule has 1 aliphatic heterocycles. The van der Waals surface area contributed by atoms with Gasteiger partial charge in [0.05, 0.1) is 17.4 Å². The first-order valence-electron chi connectivity index (χ1n) is 8.20. The average Bonchev–Trinajstić information content (AvgIpc) is 3.05. The third-order valence-corrected chi connectivity index (χ3v) is 3.91. The van der Waals surface area contributed by atoms with Crippen molar-refractivity contribution >= 4 is 17.5 Å². The topological polar surface area (TPSA) is 76.1 Å². The Morgan fingerprint density at radius 1 is 1.25 bits per heavy atom. The fourth-order valence-electron chi connectivity index (χ4n) is 2.80. The number of benzene rings is 1. The predicted octanol–water partition coefficient (Wildman–Crippen LogP) is 2.75. The summed E-state index contributed by atoms with van der Waals surface area (Å²) in [4.78, 5) is 21.2. The summed E-state index contributed by atoms with van der Waals surface area (Å²) in [5.74, 6) is 0.366. The monoisotopic (exact) mass is 326 g/mol. The van der Waals surface area contributed by atoms with Crippen LogP contribution in [0.25, 0.3) is 0 Å². The predicted molar refractivity (Wildman–Crippen MR) is 92.5 cm³/mol. The van der Waals surface area contributed by atoms with E-state index in [4.69, 9.17) is 4.74 Å². The summed E-state index contributed by atoms with van der Waals surface area (Å²) in [5, 5.41) is 6.09. The molecule has 1 aromatic carbocycles. The van der Waals surface area contributed by atoms with Gasteiger partial charge in [-0.05, 0) is 44.9 Å². The fourth-order valence-corrected chi connectivity index (χ4v) is 2.80. The molecule has 3 rings (SSSR count). The van der Waals surface area contributed by atoms with Crippen molar-refractivity contribution in [3.63, 3.8) is 0 Å². The number of carbonyl (C=O) groups excluding carboxylic acids is 1. The molecule has 0 spiro atoms. The SMILES string of the molecule is Cc1cc(C)nc(Nc2ccccc2C(=O)NC[C@H]2CCCO2)n1. The number of nitrogens with one attached hydrogen (secondary N) is 2. The van der Waals surface area contributed by atoms with Crippen LogP contribution < -0.4 is 10.6 Å². The van der Waals surface area contributed by atoms with Crippen LogP contribution in [0.2, 0.25) is 0 Å². The number of hydrogen-bond donors (Lipinski definition) is 2. The standard InChI is InChI=1S/C18H22N4O2/c1-12-10-13(2)21-18(20-12)22-16-8-4-3-7-15(16)17(23)19-11-14-6-5-9-24-14/h3-4,7-8,10,14H,5-6,9,11H2,1-2H3,(H,19,23)(H,20,21,22)/t14-/m1/s1. The Labute approximate surface area is 141 Å². The van der Waals surface area contributed by atoms with Crippen LogP contribution in [0.3, 0.4) is 0 Å². The van der Waals surface area contributed by atoms with Gasteiger partial charge in [0.25, 0.3) is 5.91 Å². The van der Waals surface area contributed by atoms with E-state index in [-0.39, 0.29) is 12.0 Å². The van der Waals surface area contributed by atoms with E-state index in [1.807, 2.05) is 38.1 Å². The van der Waals surface area contributed by atoms with Gasteiger partial charge < -0.3 is 15.4 Å². The van der Waals surface area contributed by atoms with Crippen molar-refractivity contribution in [2.24, 2.45) is 0 Å². The second-order valence-electron chi connectivity index (χ2n) is 5.99. The van der Waals surface area contributed by atoms with Gasteiger partial charge in [-0.1, -0.05) is 12.1 Å². The van der Waals surface area contributed by atoms with Crippen molar-refractivity contribution in [1.82, 2.24) is 15.3 Å². The molecule has 1 aliphatic rings. The highest BCUT2D eigenvalue weighted by Crippen LogP contribution is 2.19. The van der Waals surface area contributed by atoms with E-state index in [1.54, 1.807) is 6.07 Å². The summed E-state index contributed by atoms with van der Waals surface area (Å²) < 4.78 is 5.54. The number of carbonyl (C=O) groups is 1. The summed E-state index contributed by atoms with van der Waals surface area (Å²) >= 11 is 0. The molecule has 1 aromatic heterocycles. The van der Waals surface area contributed by atoms with Crippen molar-refractivity contribution in [3.8, 4) is 0 Å². The van der Waals surface area contributed by atoms with Gasteiger partial charge in [0, 0.05) is 24.5 Å². The van der Waals surface area contributed by atoms with Crippen LogP contribution >= 0.6 is 0 Å². The van der Waals surface area contributed by atoms with E-state index in [0.717, 1.165) is 30.8 Å². The molecule has 0 aliphatic carbocycles. The van der Waals surface area contributed by atoms with Gasteiger partial charge >= 0.3 is 0 Å². The zero-order valence-electron chi connectivity index (χ0n) is 14.0. The Balaban J connectivity index is 1.73. The molecule has 0 saturated carbocycles. The number of anilines is 2. The minimum absolute atomic E-state index is 0.122. The summed E-state index contributed by atoms with van der Waals surface area (Å²) in [6.45, 7) is 5.15. The third kappa shape index (κ3) is 4.08. The molecule has 24 heavy (non-hydrogen) atoms. The third-order valence-electron chi connectivity index (χ3n) is 3.91. The lowest BCUT2D eigenvalue weighted by molar-refractivity contribution is 0.0858.